The normalized spacial score (nSPS) is 11.2. The first kappa shape index (κ1) is 12.9. The first-order chi connectivity index (χ1) is 8.57. The first-order valence-electron chi connectivity index (χ1n) is 5.28. The van der Waals surface area contributed by atoms with Gasteiger partial charge in [0, 0.05) is 10.6 Å². The Hall–Kier alpha value is -1.58. The van der Waals surface area contributed by atoms with Crippen LogP contribution in [0.2, 0.25) is 5.02 Å². The molecule has 2 rings (SSSR count). The molecule has 0 aromatic heterocycles. The summed E-state index contributed by atoms with van der Waals surface area (Å²) in [4.78, 5) is 0.423. The maximum absolute atomic E-state index is 12.5. The summed E-state index contributed by atoms with van der Waals surface area (Å²) < 4.78 is 24.9. The molecule has 0 heterocycles. The standard InChI is InChI=1S/C14H11ClO2S/c1-2-12-13(15)9-6-10-14(12)18(16,17)11-7-4-3-5-8-11/h2-10H,1H2. The highest BCUT2D eigenvalue weighted by Crippen LogP contribution is 2.29. The van der Waals surface area contributed by atoms with Crippen molar-refractivity contribution in [1.29, 1.82) is 0 Å². The van der Waals surface area contributed by atoms with Crippen molar-refractivity contribution in [1.82, 2.24) is 0 Å². The molecule has 0 atom stereocenters. The van der Waals surface area contributed by atoms with Gasteiger partial charge in [0.15, 0.2) is 0 Å². The van der Waals surface area contributed by atoms with Crippen LogP contribution < -0.4 is 0 Å². The fourth-order valence-corrected chi connectivity index (χ4v) is 3.49. The van der Waals surface area contributed by atoms with Crippen LogP contribution in [0.1, 0.15) is 5.56 Å². The zero-order chi connectivity index (χ0) is 13.2. The second-order valence-corrected chi connectivity index (χ2v) is 6.00. The summed E-state index contributed by atoms with van der Waals surface area (Å²) in [6.45, 7) is 3.61. The Bertz CT molecular complexity index is 676. The summed E-state index contributed by atoms with van der Waals surface area (Å²) in [5.74, 6) is 0. The van der Waals surface area contributed by atoms with E-state index in [-0.39, 0.29) is 9.79 Å². The zero-order valence-electron chi connectivity index (χ0n) is 9.51. The summed E-state index contributed by atoms with van der Waals surface area (Å²) in [7, 11) is -3.56. The van der Waals surface area contributed by atoms with Crippen LogP contribution in [-0.4, -0.2) is 8.42 Å². The first-order valence-corrected chi connectivity index (χ1v) is 7.14. The maximum atomic E-state index is 12.5. The van der Waals surface area contributed by atoms with Crippen molar-refractivity contribution in [2.45, 2.75) is 9.79 Å². The van der Waals surface area contributed by atoms with Crippen molar-refractivity contribution in [3.63, 3.8) is 0 Å². The van der Waals surface area contributed by atoms with Crippen molar-refractivity contribution in [3.05, 3.63) is 65.7 Å². The highest BCUT2D eigenvalue weighted by Gasteiger charge is 2.20. The minimum Gasteiger partial charge on any atom is -0.218 e. The Labute approximate surface area is 111 Å². The van der Waals surface area contributed by atoms with Gasteiger partial charge in [-0.1, -0.05) is 48.5 Å². The largest absolute Gasteiger partial charge is 0.218 e. The van der Waals surface area contributed by atoms with E-state index in [4.69, 9.17) is 11.6 Å². The van der Waals surface area contributed by atoms with Crippen LogP contribution in [0.5, 0.6) is 0 Å². The molecule has 0 saturated carbocycles. The van der Waals surface area contributed by atoms with Gasteiger partial charge in [0.25, 0.3) is 0 Å². The minimum atomic E-state index is -3.56. The number of benzene rings is 2. The predicted octanol–water partition coefficient (Wildman–Crippen LogP) is 3.82. The second-order valence-electron chi connectivity index (χ2n) is 3.67. The van der Waals surface area contributed by atoms with E-state index in [0.29, 0.717) is 10.6 Å². The summed E-state index contributed by atoms with van der Waals surface area (Å²) in [5.41, 5.74) is 0.433. The zero-order valence-corrected chi connectivity index (χ0v) is 11.1. The van der Waals surface area contributed by atoms with Crippen molar-refractivity contribution < 1.29 is 8.42 Å². The molecule has 0 aliphatic rings. The molecule has 0 saturated heterocycles. The lowest BCUT2D eigenvalue weighted by Crippen LogP contribution is -2.04. The van der Waals surface area contributed by atoms with Crippen LogP contribution in [0, 0.1) is 0 Å². The lowest BCUT2D eigenvalue weighted by atomic mass is 10.2. The van der Waals surface area contributed by atoms with Gasteiger partial charge in [-0.2, -0.15) is 0 Å². The van der Waals surface area contributed by atoms with Gasteiger partial charge in [-0.05, 0) is 24.3 Å². The molecule has 0 aliphatic heterocycles. The molecular weight excluding hydrogens is 268 g/mol. The van der Waals surface area contributed by atoms with Gasteiger partial charge in [-0.3, -0.25) is 0 Å². The van der Waals surface area contributed by atoms with Gasteiger partial charge >= 0.3 is 0 Å². The van der Waals surface area contributed by atoms with Crippen LogP contribution in [0.25, 0.3) is 6.08 Å². The van der Waals surface area contributed by atoms with Crippen LogP contribution in [0.15, 0.2) is 64.9 Å². The quantitative estimate of drug-likeness (QED) is 0.855. The number of hydrogen-bond acceptors (Lipinski definition) is 2. The monoisotopic (exact) mass is 278 g/mol. The maximum Gasteiger partial charge on any atom is 0.207 e. The molecule has 0 bridgehead atoms. The van der Waals surface area contributed by atoms with E-state index in [1.165, 1.54) is 12.1 Å². The molecule has 0 amide bonds. The van der Waals surface area contributed by atoms with Crippen molar-refractivity contribution in [2.75, 3.05) is 0 Å². The molecule has 0 aliphatic carbocycles. The predicted molar refractivity (Wildman–Crippen MR) is 73.4 cm³/mol. The fraction of sp³-hybridized carbons (Fsp3) is 0. The van der Waals surface area contributed by atoms with Gasteiger partial charge in [-0.25, -0.2) is 8.42 Å². The number of rotatable bonds is 3. The molecule has 0 radical (unpaired) electrons. The summed E-state index contributed by atoms with van der Waals surface area (Å²) in [5, 5.41) is 0.377. The van der Waals surface area contributed by atoms with E-state index >= 15 is 0 Å². The molecule has 18 heavy (non-hydrogen) atoms. The molecule has 0 fully saturated rings. The lowest BCUT2D eigenvalue weighted by molar-refractivity contribution is 0.596. The average molecular weight is 279 g/mol. The minimum absolute atomic E-state index is 0.177. The summed E-state index contributed by atoms with van der Waals surface area (Å²) in [6, 6.07) is 13.0. The second kappa shape index (κ2) is 4.96. The molecular formula is C14H11ClO2S. The van der Waals surface area contributed by atoms with Crippen LogP contribution in [-0.2, 0) is 9.84 Å². The van der Waals surface area contributed by atoms with E-state index in [2.05, 4.69) is 6.58 Å². The highest BCUT2D eigenvalue weighted by molar-refractivity contribution is 7.91. The van der Waals surface area contributed by atoms with Gasteiger partial charge in [0.1, 0.15) is 0 Å². The Balaban J connectivity index is 2.70. The summed E-state index contributed by atoms with van der Waals surface area (Å²) >= 11 is 5.99. The van der Waals surface area contributed by atoms with Crippen LogP contribution in [0.3, 0.4) is 0 Å². The van der Waals surface area contributed by atoms with E-state index in [0.717, 1.165) is 0 Å². The van der Waals surface area contributed by atoms with Crippen LogP contribution in [0.4, 0.5) is 0 Å². The smallest absolute Gasteiger partial charge is 0.207 e. The third kappa shape index (κ3) is 2.19. The van der Waals surface area contributed by atoms with Crippen LogP contribution >= 0.6 is 11.6 Å². The topological polar surface area (TPSA) is 34.1 Å². The third-order valence-electron chi connectivity index (χ3n) is 2.56. The Morgan fingerprint density at radius 3 is 2.28 bits per heavy atom. The molecule has 0 N–H and O–H groups in total. The molecule has 0 unspecified atom stereocenters. The highest BCUT2D eigenvalue weighted by atomic mass is 35.5. The van der Waals surface area contributed by atoms with E-state index < -0.39 is 9.84 Å². The molecule has 2 nitrogen and oxygen atoms in total. The molecule has 92 valence electrons. The van der Waals surface area contributed by atoms with Gasteiger partial charge in [0.2, 0.25) is 9.84 Å². The van der Waals surface area contributed by atoms with Crippen molar-refractivity contribution in [3.8, 4) is 0 Å². The number of hydrogen-bond donors (Lipinski definition) is 0. The van der Waals surface area contributed by atoms with E-state index in [1.807, 2.05) is 0 Å². The third-order valence-corrected chi connectivity index (χ3v) is 4.72. The Morgan fingerprint density at radius 2 is 1.67 bits per heavy atom. The summed E-state index contributed by atoms with van der Waals surface area (Å²) in [6.07, 6.45) is 1.46. The van der Waals surface area contributed by atoms with Crippen molar-refractivity contribution in [2.24, 2.45) is 0 Å². The molecule has 2 aromatic carbocycles. The Kier molecular flexibility index (Phi) is 3.55. The number of halogens is 1. The molecule has 0 spiro atoms. The van der Waals surface area contributed by atoms with E-state index in [1.54, 1.807) is 42.5 Å². The Morgan fingerprint density at radius 1 is 1.00 bits per heavy atom. The lowest BCUT2D eigenvalue weighted by Gasteiger charge is -2.09. The van der Waals surface area contributed by atoms with Gasteiger partial charge in [0.05, 0.1) is 9.79 Å². The van der Waals surface area contributed by atoms with E-state index in [9.17, 15) is 8.42 Å². The SMILES string of the molecule is C=Cc1c(Cl)cccc1S(=O)(=O)c1ccccc1. The van der Waals surface area contributed by atoms with Crippen molar-refractivity contribution >= 4 is 27.5 Å². The molecule has 4 heteroatoms. The average Bonchev–Trinajstić information content (AvgIpc) is 2.39. The fourth-order valence-electron chi connectivity index (χ4n) is 1.68. The van der Waals surface area contributed by atoms with Gasteiger partial charge < -0.3 is 0 Å². The van der Waals surface area contributed by atoms with Gasteiger partial charge in [-0.15, -0.1) is 0 Å². The number of sulfone groups is 1. The molecule has 2 aromatic rings.